The van der Waals surface area contributed by atoms with Crippen molar-refractivity contribution >= 4 is 16.3 Å². The summed E-state index contributed by atoms with van der Waals surface area (Å²) in [6.45, 7) is 15.0. The number of hydrogen-bond acceptors (Lipinski definition) is 4. The monoisotopic (exact) mass is 386 g/mol. The van der Waals surface area contributed by atoms with E-state index in [1.165, 1.54) is 93.5 Å². The molecule has 0 aromatic carbocycles. The van der Waals surface area contributed by atoms with Gasteiger partial charge in [-0.05, 0) is 36.8 Å². The summed E-state index contributed by atoms with van der Waals surface area (Å²) in [5.41, 5.74) is 0. The van der Waals surface area contributed by atoms with Crippen molar-refractivity contribution in [2.24, 2.45) is 0 Å². The van der Waals surface area contributed by atoms with Crippen LogP contribution < -0.4 is 5.11 Å². The fraction of sp³-hybridized carbons (Fsp3) is 0.800. The molecule has 6 heteroatoms. The lowest BCUT2D eigenvalue weighted by molar-refractivity contribution is -0.929. The van der Waals surface area contributed by atoms with Crippen molar-refractivity contribution < 1.29 is 14.5 Å². The Labute approximate surface area is 163 Å². The molecule has 0 atom stereocenters. The number of nitro groups is 1. The number of unbranched alkanes of at least 4 members (excludes halogenated alkanes) is 4. The van der Waals surface area contributed by atoms with E-state index in [4.69, 9.17) is 0 Å². The molecule has 1 heterocycles. The Hall–Kier alpha value is -1.14. The van der Waals surface area contributed by atoms with Gasteiger partial charge in [-0.15, -0.1) is 0 Å². The third kappa shape index (κ3) is 10.1. The lowest BCUT2D eigenvalue weighted by Crippen LogP contribution is -2.50. The predicted octanol–water partition coefficient (Wildman–Crippen LogP) is 5.73. The minimum atomic E-state index is -0.674. The highest BCUT2D eigenvalue weighted by Crippen LogP contribution is 2.28. The van der Waals surface area contributed by atoms with Crippen LogP contribution in [0.2, 0.25) is 0 Å². The maximum atomic E-state index is 10.4. The molecule has 0 bridgehead atoms. The molecular formula is C20H38N2O3S. The highest BCUT2D eigenvalue weighted by molar-refractivity contribution is 7.13. The maximum Gasteiger partial charge on any atom is 0.316 e. The lowest BCUT2D eigenvalue weighted by atomic mass is 10.1. The van der Waals surface area contributed by atoms with Crippen LogP contribution in [-0.2, 0) is 0 Å². The summed E-state index contributed by atoms with van der Waals surface area (Å²) in [4.78, 5) is 9.23. The number of nitrogens with zero attached hydrogens (tertiary/aromatic N) is 2. The molecule has 0 aliphatic rings. The van der Waals surface area contributed by atoms with E-state index >= 15 is 0 Å². The summed E-state index contributed by atoms with van der Waals surface area (Å²) in [6, 6.07) is 1.18. The number of hydrogen-bond donors (Lipinski definition) is 0. The van der Waals surface area contributed by atoms with Crippen molar-refractivity contribution in [2.45, 2.75) is 79.1 Å². The Balaban J connectivity index is 0.000000577. The first-order valence-electron chi connectivity index (χ1n) is 10.2. The zero-order valence-electron chi connectivity index (χ0n) is 17.2. The second kappa shape index (κ2) is 15.0. The second-order valence-electron chi connectivity index (χ2n) is 7.00. The molecule has 0 spiro atoms. The molecule has 1 aromatic rings. The fourth-order valence-electron chi connectivity index (χ4n) is 3.07. The number of thiophene rings is 1. The summed E-state index contributed by atoms with van der Waals surface area (Å²) >= 11 is 0.846. The Morgan fingerprint density at radius 1 is 0.885 bits per heavy atom. The molecule has 26 heavy (non-hydrogen) atoms. The molecule has 5 nitrogen and oxygen atoms in total. The Kier molecular flexibility index (Phi) is 14.3. The molecule has 1 rings (SSSR count). The average Bonchev–Trinajstić information content (AvgIpc) is 3.07. The SMILES string of the molecule is CCCC[N+](CCCC)(CCCC)CCCC.O=[N+]([O-])c1sccc1[O-]. The van der Waals surface area contributed by atoms with Crippen LogP contribution in [0.4, 0.5) is 5.00 Å². The van der Waals surface area contributed by atoms with Gasteiger partial charge in [0.25, 0.3) is 0 Å². The zero-order valence-corrected chi connectivity index (χ0v) is 18.0. The van der Waals surface area contributed by atoms with Crippen LogP contribution in [0, 0.1) is 10.1 Å². The third-order valence-corrected chi connectivity index (χ3v) is 5.57. The smallest absolute Gasteiger partial charge is 0.316 e. The standard InChI is InChI=1S/C16H36N.C4H3NO3S/c1-5-9-13-17(14-10-6-2,15-11-7-3)16-12-8-4;6-3-1-2-9-4(3)5(7)8/h5-16H2,1-4H3;1-2,6H/q+1;/p-1. The minimum absolute atomic E-state index is 0.310. The van der Waals surface area contributed by atoms with Crippen LogP contribution in [0.3, 0.4) is 0 Å². The first-order chi connectivity index (χ1) is 12.5. The number of quaternary nitrogens is 1. The summed E-state index contributed by atoms with van der Waals surface area (Å²) in [5, 5.41) is 21.4. The fourth-order valence-corrected chi connectivity index (χ4v) is 3.66. The van der Waals surface area contributed by atoms with E-state index in [1.807, 2.05) is 0 Å². The predicted molar refractivity (Wildman–Crippen MR) is 110 cm³/mol. The van der Waals surface area contributed by atoms with Gasteiger partial charge in [0.05, 0.1) is 31.1 Å². The van der Waals surface area contributed by atoms with Crippen molar-refractivity contribution in [3.63, 3.8) is 0 Å². The van der Waals surface area contributed by atoms with E-state index < -0.39 is 10.7 Å². The van der Waals surface area contributed by atoms with Crippen LogP contribution in [0.5, 0.6) is 5.75 Å². The Morgan fingerprint density at radius 2 is 1.27 bits per heavy atom. The van der Waals surface area contributed by atoms with Gasteiger partial charge in [-0.2, -0.15) is 0 Å². The Bertz CT molecular complexity index is 440. The summed E-state index contributed by atoms with van der Waals surface area (Å²) < 4.78 is 1.42. The van der Waals surface area contributed by atoms with Crippen molar-refractivity contribution in [2.75, 3.05) is 26.2 Å². The minimum Gasteiger partial charge on any atom is -0.867 e. The topological polar surface area (TPSA) is 66.2 Å². The summed E-state index contributed by atoms with van der Waals surface area (Å²) in [7, 11) is 0. The van der Waals surface area contributed by atoms with Gasteiger partial charge in [-0.1, -0.05) is 70.8 Å². The van der Waals surface area contributed by atoms with Crippen LogP contribution in [0.1, 0.15) is 79.1 Å². The largest absolute Gasteiger partial charge is 0.867 e. The van der Waals surface area contributed by atoms with Gasteiger partial charge in [0.1, 0.15) is 0 Å². The second-order valence-corrected chi connectivity index (χ2v) is 7.89. The summed E-state index contributed by atoms with van der Waals surface area (Å²) in [6.07, 6.45) is 11.1. The van der Waals surface area contributed by atoms with Crippen LogP contribution in [-0.4, -0.2) is 35.6 Å². The van der Waals surface area contributed by atoms with E-state index in [9.17, 15) is 15.2 Å². The molecule has 1 aromatic heterocycles. The van der Waals surface area contributed by atoms with Crippen LogP contribution in [0.25, 0.3) is 0 Å². The Morgan fingerprint density at radius 3 is 1.46 bits per heavy atom. The van der Waals surface area contributed by atoms with E-state index in [0.717, 1.165) is 11.3 Å². The van der Waals surface area contributed by atoms with Crippen molar-refractivity contribution in [3.8, 4) is 5.75 Å². The molecule has 0 radical (unpaired) electrons. The highest BCUT2D eigenvalue weighted by Gasteiger charge is 2.24. The average molecular weight is 387 g/mol. The van der Waals surface area contributed by atoms with E-state index in [0.29, 0.717) is 0 Å². The molecule has 0 saturated heterocycles. The molecule has 0 unspecified atom stereocenters. The van der Waals surface area contributed by atoms with Gasteiger partial charge >= 0.3 is 5.00 Å². The van der Waals surface area contributed by atoms with Gasteiger partial charge in [0.15, 0.2) is 0 Å². The van der Waals surface area contributed by atoms with E-state index in [2.05, 4.69) is 27.7 Å². The van der Waals surface area contributed by atoms with E-state index in [1.54, 1.807) is 0 Å². The van der Waals surface area contributed by atoms with Crippen LogP contribution >= 0.6 is 11.3 Å². The van der Waals surface area contributed by atoms with Crippen molar-refractivity contribution in [1.82, 2.24) is 0 Å². The lowest BCUT2D eigenvalue weighted by Gasteiger charge is -2.39. The summed E-state index contributed by atoms with van der Waals surface area (Å²) in [5.74, 6) is -0.509. The third-order valence-electron chi connectivity index (χ3n) is 4.72. The van der Waals surface area contributed by atoms with Crippen LogP contribution in [0.15, 0.2) is 11.4 Å². The molecule has 0 aliphatic carbocycles. The number of rotatable bonds is 13. The normalized spacial score (nSPS) is 11.1. The molecule has 0 N–H and O–H groups in total. The van der Waals surface area contributed by atoms with Gasteiger partial charge in [-0.3, -0.25) is 10.1 Å². The molecule has 0 amide bonds. The first kappa shape index (κ1) is 24.9. The zero-order chi connectivity index (χ0) is 19.8. The molecular weight excluding hydrogens is 348 g/mol. The van der Waals surface area contributed by atoms with Gasteiger partial charge in [0, 0.05) is 0 Å². The van der Waals surface area contributed by atoms with Gasteiger partial charge in [-0.25, -0.2) is 0 Å². The molecule has 0 aliphatic heterocycles. The van der Waals surface area contributed by atoms with Crippen molar-refractivity contribution in [1.29, 1.82) is 0 Å². The quantitative estimate of drug-likeness (QED) is 0.247. The van der Waals surface area contributed by atoms with E-state index in [-0.39, 0.29) is 5.00 Å². The van der Waals surface area contributed by atoms with Gasteiger partial charge in [0.2, 0.25) is 0 Å². The highest BCUT2D eigenvalue weighted by atomic mass is 32.1. The van der Waals surface area contributed by atoms with Crippen molar-refractivity contribution in [3.05, 3.63) is 21.6 Å². The molecule has 0 saturated carbocycles. The first-order valence-corrected chi connectivity index (χ1v) is 11.1. The molecule has 0 fully saturated rings. The molecule has 152 valence electrons. The maximum absolute atomic E-state index is 10.4. The van der Waals surface area contributed by atoms with Gasteiger partial charge < -0.3 is 9.59 Å².